The van der Waals surface area contributed by atoms with Crippen LogP contribution in [0.3, 0.4) is 0 Å². The first kappa shape index (κ1) is 13.3. The molecule has 2 rings (SSSR count). The first-order valence-electron chi connectivity index (χ1n) is 5.87. The van der Waals surface area contributed by atoms with Gasteiger partial charge in [0.2, 0.25) is 11.8 Å². The van der Waals surface area contributed by atoms with E-state index in [2.05, 4.69) is 27.9 Å². The van der Waals surface area contributed by atoms with Crippen LogP contribution in [-0.4, -0.2) is 29.3 Å². The zero-order chi connectivity index (χ0) is 13.1. The molecule has 1 aromatic rings. The van der Waals surface area contributed by atoms with Crippen molar-refractivity contribution in [3.63, 3.8) is 0 Å². The van der Waals surface area contributed by atoms with E-state index >= 15 is 0 Å². The lowest BCUT2D eigenvalue weighted by Crippen LogP contribution is -2.39. The second-order valence-electron chi connectivity index (χ2n) is 4.48. The van der Waals surface area contributed by atoms with Crippen molar-refractivity contribution < 1.29 is 9.59 Å². The highest BCUT2D eigenvalue weighted by molar-refractivity contribution is 14.1. The highest BCUT2D eigenvalue weighted by Crippen LogP contribution is 2.14. The Morgan fingerprint density at radius 2 is 2.00 bits per heavy atom. The van der Waals surface area contributed by atoms with Crippen LogP contribution in [-0.2, 0) is 16.1 Å². The van der Waals surface area contributed by atoms with E-state index in [-0.39, 0.29) is 24.4 Å². The molecule has 18 heavy (non-hydrogen) atoms. The molecular formula is C13H15IN2O2. The second-order valence-corrected chi connectivity index (χ2v) is 5.72. The van der Waals surface area contributed by atoms with Gasteiger partial charge in [-0.2, -0.15) is 0 Å². The summed E-state index contributed by atoms with van der Waals surface area (Å²) in [5.41, 5.74) is 1.09. The quantitative estimate of drug-likeness (QED) is 0.816. The standard InChI is InChI=1S/C13H15IN2O2/c1-9-6-12(17)15-7-13(18)16(9)8-10-2-4-11(14)5-3-10/h2-5,9H,6-8H2,1H3,(H,15,17). The Balaban J connectivity index is 2.12. The summed E-state index contributed by atoms with van der Waals surface area (Å²) in [5.74, 6) is -0.0761. The van der Waals surface area contributed by atoms with Crippen LogP contribution < -0.4 is 5.32 Å². The van der Waals surface area contributed by atoms with E-state index in [1.165, 1.54) is 3.57 Å². The second kappa shape index (κ2) is 5.69. The number of amides is 2. The minimum Gasteiger partial charge on any atom is -0.347 e. The smallest absolute Gasteiger partial charge is 0.242 e. The maximum atomic E-state index is 12.0. The molecule has 1 fully saturated rings. The number of hydrogen-bond donors (Lipinski definition) is 1. The van der Waals surface area contributed by atoms with Crippen LogP contribution >= 0.6 is 22.6 Å². The average molecular weight is 358 g/mol. The molecule has 1 saturated heterocycles. The molecule has 96 valence electrons. The fourth-order valence-corrected chi connectivity index (χ4v) is 2.36. The molecule has 0 aromatic heterocycles. The third-order valence-corrected chi connectivity index (χ3v) is 3.76. The summed E-state index contributed by atoms with van der Waals surface area (Å²) in [7, 11) is 0. The van der Waals surface area contributed by atoms with E-state index < -0.39 is 0 Å². The Morgan fingerprint density at radius 3 is 2.67 bits per heavy atom. The summed E-state index contributed by atoms with van der Waals surface area (Å²) < 4.78 is 1.17. The Morgan fingerprint density at radius 1 is 1.33 bits per heavy atom. The molecule has 1 aliphatic rings. The molecule has 0 radical (unpaired) electrons. The Bertz CT molecular complexity index is 459. The molecule has 1 atom stereocenters. The summed E-state index contributed by atoms with van der Waals surface area (Å²) >= 11 is 2.25. The highest BCUT2D eigenvalue weighted by Gasteiger charge is 2.26. The number of nitrogens with one attached hydrogen (secondary N) is 1. The van der Waals surface area contributed by atoms with Gasteiger partial charge in [-0.25, -0.2) is 0 Å². The van der Waals surface area contributed by atoms with Gasteiger partial charge in [0.25, 0.3) is 0 Å². The van der Waals surface area contributed by atoms with Gasteiger partial charge in [0.05, 0.1) is 6.54 Å². The fourth-order valence-electron chi connectivity index (χ4n) is 2.00. The molecule has 0 bridgehead atoms. The molecule has 0 spiro atoms. The molecule has 1 heterocycles. The van der Waals surface area contributed by atoms with Crippen molar-refractivity contribution in [1.29, 1.82) is 0 Å². The van der Waals surface area contributed by atoms with Crippen LogP contribution in [0.25, 0.3) is 0 Å². The van der Waals surface area contributed by atoms with E-state index in [1.807, 2.05) is 31.2 Å². The van der Waals surface area contributed by atoms with Gasteiger partial charge in [0.15, 0.2) is 0 Å². The van der Waals surface area contributed by atoms with Gasteiger partial charge in [-0.05, 0) is 47.2 Å². The highest BCUT2D eigenvalue weighted by atomic mass is 127. The van der Waals surface area contributed by atoms with Gasteiger partial charge in [-0.1, -0.05) is 12.1 Å². The van der Waals surface area contributed by atoms with Crippen LogP contribution in [0, 0.1) is 3.57 Å². The predicted octanol–water partition coefficient (Wildman–Crippen LogP) is 1.53. The van der Waals surface area contributed by atoms with Crippen LogP contribution in [0.2, 0.25) is 0 Å². The van der Waals surface area contributed by atoms with E-state index in [9.17, 15) is 9.59 Å². The van der Waals surface area contributed by atoms with Gasteiger partial charge in [0.1, 0.15) is 0 Å². The SMILES string of the molecule is CC1CC(=O)NCC(=O)N1Cc1ccc(I)cc1. The first-order chi connectivity index (χ1) is 8.56. The Labute approximate surface area is 120 Å². The summed E-state index contributed by atoms with van der Waals surface area (Å²) in [4.78, 5) is 25.1. The van der Waals surface area contributed by atoms with E-state index in [1.54, 1.807) is 4.90 Å². The number of halogens is 1. The average Bonchev–Trinajstić information content (AvgIpc) is 2.45. The molecule has 5 heteroatoms. The molecule has 1 aliphatic heterocycles. The number of hydrogen-bond acceptors (Lipinski definition) is 2. The lowest BCUT2D eigenvalue weighted by atomic mass is 10.1. The van der Waals surface area contributed by atoms with Crippen molar-refractivity contribution >= 4 is 34.4 Å². The fraction of sp³-hybridized carbons (Fsp3) is 0.385. The van der Waals surface area contributed by atoms with Gasteiger partial charge in [0, 0.05) is 22.6 Å². The predicted molar refractivity (Wildman–Crippen MR) is 76.8 cm³/mol. The summed E-state index contributed by atoms with van der Waals surface area (Å²) in [6.45, 7) is 2.58. The molecular weight excluding hydrogens is 343 g/mol. The third-order valence-electron chi connectivity index (χ3n) is 3.04. The zero-order valence-electron chi connectivity index (χ0n) is 10.1. The van der Waals surface area contributed by atoms with Crippen LogP contribution in [0.4, 0.5) is 0 Å². The molecule has 0 aliphatic carbocycles. The van der Waals surface area contributed by atoms with Crippen molar-refractivity contribution in [3.8, 4) is 0 Å². The third kappa shape index (κ3) is 3.22. The minimum absolute atomic E-state index is 0.0214. The van der Waals surface area contributed by atoms with Crippen molar-refractivity contribution in [2.75, 3.05) is 6.54 Å². The van der Waals surface area contributed by atoms with Gasteiger partial charge >= 0.3 is 0 Å². The van der Waals surface area contributed by atoms with Gasteiger partial charge < -0.3 is 10.2 Å². The monoisotopic (exact) mass is 358 g/mol. The van der Waals surface area contributed by atoms with Crippen LogP contribution in [0.5, 0.6) is 0 Å². The lowest BCUT2D eigenvalue weighted by Gasteiger charge is -2.26. The first-order valence-corrected chi connectivity index (χ1v) is 6.95. The van der Waals surface area contributed by atoms with Crippen molar-refractivity contribution in [3.05, 3.63) is 33.4 Å². The van der Waals surface area contributed by atoms with Gasteiger partial charge in [-0.15, -0.1) is 0 Å². The largest absolute Gasteiger partial charge is 0.347 e. The summed E-state index contributed by atoms with van der Waals surface area (Å²) in [5, 5.41) is 2.62. The molecule has 4 nitrogen and oxygen atoms in total. The molecule has 1 aromatic carbocycles. The van der Waals surface area contributed by atoms with Crippen molar-refractivity contribution in [1.82, 2.24) is 10.2 Å². The lowest BCUT2D eigenvalue weighted by molar-refractivity contribution is -0.132. The topological polar surface area (TPSA) is 49.4 Å². The van der Waals surface area contributed by atoms with Gasteiger partial charge in [-0.3, -0.25) is 9.59 Å². The number of carbonyl (C=O) groups is 2. The van der Waals surface area contributed by atoms with Crippen LogP contribution in [0.15, 0.2) is 24.3 Å². The molecule has 1 unspecified atom stereocenters. The normalized spacial score (nSPS) is 20.6. The number of carbonyl (C=O) groups excluding carboxylic acids is 2. The summed E-state index contributed by atoms with van der Waals surface area (Å²) in [6.07, 6.45) is 0.371. The minimum atomic E-state index is -0.0562. The maximum absolute atomic E-state index is 12.0. The number of benzene rings is 1. The van der Waals surface area contributed by atoms with E-state index in [0.717, 1.165) is 5.56 Å². The molecule has 1 N–H and O–H groups in total. The van der Waals surface area contributed by atoms with Crippen molar-refractivity contribution in [2.45, 2.75) is 25.9 Å². The zero-order valence-corrected chi connectivity index (χ0v) is 12.3. The molecule has 2 amide bonds. The number of nitrogens with zero attached hydrogens (tertiary/aromatic N) is 1. The van der Waals surface area contributed by atoms with E-state index in [0.29, 0.717) is 13.0 Å². The Kier molecular flexibility index (Phi) is 4.21. The number of rotatable bonds is 2. The van der Waals surface area contributed by atoms with Crippen LogP contribution in [0.1, 0.15) is 18.9 Å². The molecule has 0 saturated carbocycles. The Hall–Kier alpha value is -1.11. The van der Waals surface area contributed by atoms with E-state index in [4.69, 9.17) is 0 Å². The maximum Gasteiger partial charge on any atom is 0.242 e. The summed E-state index contributed by atoms with van der Waals surface area (Å²) in [6, 6.07) is 8.02. The van der Waals surface area contributed by atoms with Crippen molar-refractivity contribution in [2.24, 2.45) is 0 Å².